The van der Waals surface area contributed by atoms with E-state index in [4.69, 9.17) is 0 Å². The third-order valence-electron chi connectivity index (χ3n) is 4.33. The zero-order valence-corrected chi connectivity index (χ0v) is 14.1. The molecule has 0 aromatic carbocycles. The number of rotatable bonds is 6. The zero-order chi connectivity index (χ0) is 17.3. The van der Waals surface area contributed by atoms with Crippen molar-refractivity contribution in [1.82, 2.24) is 19.6 Å². The fourth-order valence-corrected chi connectivity index (χ4v) is 2.94. The van der Waals surface area contributed by atoms with Gasteiger partial charge in [0, 0.05) is 13.1 Å². The maximum absolute atomic E-state index is 12.4. The Kier molecular flexibility index (Phi) is 4.91. The van der Waals surface area contributed by atoms with Gasteiger partial charge in [-0.1, -0.05) is 13.8 Å². The first kappa shape index (κ1) is 17.2. The largest absolute Gasteiger partial charge is 0.328 e. The molecule has 0 spiro atoms. The van der Waals surface area contributed by atoms with Crippen molar-refractivity contribution in [2.75, 3.05) is 19.8 Å². The molecule has 8 heteroatoms. The number of imide groups is 2. The van der Waals surface area contributed by atoms with E-state index in [1.54, 1.807) is 13.8 Å². The van der Waals surface area contributed by atoms with Crippen LogP contribution in [-0.4, -0.2) is 75.3 Å². The molecular formula is C15H24N4O4. The van der Waals surface area contributed by atoms with Gasteiger partial charge in [-0.25, -0.2) is 9.59 Å². The second-order valence-corrected chi connectivity index (χ2v) is 5.98. The monoisotopic (exact) mass is 324 g/mol. The molecule has 2 rings (SSSR count). The lowest BCUT2D eigenvalue weighted by atomic mass is 10.3. The lowest BCUT2D eigenvalue weighted by Gasteiger charge is -2.27. The number of carbonyl (C=O) groups excluding carboxylic acids is 4. The minimum atomic E-state index is -0.621. The van der Waals surface area contributed by atoms with Gasteiger partial charge in [0.2, 0.25) is 0 Å². The summed E-state index contributed by atoms with van der Waals surface area (Å²) in [5.41, 5.74) is 0. The van der Waals surface area contributed by atoms with Crippen LogP contribution in [0.4, 0.5) is 9.59 Å². The maximum Gasteiger partial charge on any atom is 0.328 e. The minimum Gasteiger partial charge on any atom is -0.295 e. The second kappa shape index (κ2) is 6.55. The van der Waals surface area contributed by atoms with E-state index < -0.39 is 24.1 Å². The van der Waals surface area contributed by atoms with Gasteiger partial charge < -0.3 is 0 Å². The summed E-state index contributed by atoms with van der Waals surface area (Å²) in [7, 11) is 0. The van der Waals surface area contributed by atoms with E-state index in [2.05, 4.69) is 0 Å². The lowest BCUT2D eigenvalue weighted by Crippen LogP contribution is -2.47. The van der Waals surface area contributed by atoms with Crippen molar-refractivity contribution < 1.29 is 19.2 Å². The zero-order valence-electron chi connectivity index (χ0n) is 14.1. The first-order valence-corrected chi connectivity index (χ1v) is 8.09. The summed E-state index contributed by atoms with van der Waals surface area (Å²) in [6.45, 7) is 7.76. The highest BCUT2D eigenvalue weighted by molar-refractivity contribution is 6.05. The molecule has 2 fully saturated rings. The maximum atomic E-state index is 12.4. The molecule has 2 atom stereocenters. The van der Waals surface area contributed by atoms with Crippen LogP contribution in [0.2, 0.25) is 0 Å². The van der Waals surface area contributed by atoms with Crippen molar-refractivity contribution >= 4 is 23.9 Å². The van der Waals surface area contributed by atoms with Crippen LogP contribution in [0.15, 0.2) is 0 Å². The van der Waals surface area contributed by atoms with Crippen molar-refractivity contribution in [3.63, 3.8) is 0 Å². The van der Waals surface area contributed by atoms with Gasteiger partial charge in [-0.05, 0) is 26.7 Å². The fourth-order valence-electron chi connectivity index (χ4n) is 2.94. The van der Waals surface area contributed by atoms with Crippen molar-refractivity contribution in [1.29, 1.82) is 0 Å². The normalized spacial score (nSPS) is 25.4. The van der Waals surface area contributed by atoms with E-state index in [1.807, 2.05) is 13.8 Å². The first-order chi connectivity index (χ1) is 10.8. The topological polar surface area (TPSA) is 81.2 Å². The molecule has 2 heterocycles. The Hall–Kier alpha value is -2.12. The van der Waals surface area contributed by atoms with Gasteiger partial charge in [-0.2, -0.15) is 0 Å². The van der Waals surface area contributed by atoms with Crippen LogP contribution >= 0.6 is 0 Å². The van der Waals surface area contributed by atoms with Crippen LogP contribution < -0.4 is 0 Å². The number of hydrogen-bond acceptors (Lipinski definition) is 4. The predicted molar refractivity (Wildman–Crippen MR) is 82.3 cm³/mol. The number of carbonyl (C=O) groups is 4. The van der Waals surface area contributed by atoms with Crippen molar-refractivity contribution in [2.24, 2.45) is 0 Å². The molecule has 2 unspecified atom stereocenters. The van der Waals surface area contributed by atoms with Gasteiger partial charge in [-0.15, -0.1) is 0 Å². The molecule has 23 heavy (non-hydrogen) atoms. The van der Waals surface area contributed by atoms with Crippen LogP contribution in [0, 0.1) is 0 Å². The minimum absolute atomic E-state index is 0.0437. The molecule has 0 aromatic heterocycles. The Morgan fingerprint density at radius 2 is 1.09 bits per heavy atom. The number of amides is 6. The van der Waals surface area contributed by atoms with Gasteiger partial charge in [0.15, 0.2) is 0 Å². The van der Waals surface area contributed by atoms with Crippen LogP contribution in [0.1, 0.15) is 40.5 Å². The van der Waals surface area contributed by atoms with Crippen molar-refractivity contribution in [3.8, 4) is 0 Å². The Labute approximate surface area is 136 Å². The molecule has 0 aromatic rings. The van der Waals surface area contributed by atoms with Gasteiger partial charge >= 0.3 is 12.1 Å². The smallest absolute Gasteiger partial charge is 0.295 e. The molecule has 0 saturated carbocycles. The van der Waals surface area contributed by atoms with Crippen molar-refractivity contribution in [2.45, 2.75) is 52.6 Å². The number of hydrogen-bond donors (Lipinski definition) is 0. The number of urea groups is 2. The highest BCUT2D eigenvalue weighted by Gasteiger charge is 2.47. The molecule has 0 radical (unpaired) electrons. The van der Waals surface area contributed by atoms with E-state index >= 15 is 0 Å². The van der Waals surface area contributed by atoms with Gasteiger partial charge in [0.05, 0.1) is 0 Å². The predicted octanol–water partition coefficient (Wildman–Crippen LogP) is 1.07. The Morgan fingerprint density at radius 3 is 1.39 bits per heavy atom. The van der Waals surface area contributed by atoms with Gasteiger partial charge in [0.25, 0.3) is 11.8 Å². The van der Waals surface area contributed by atoms with Crippen LogP contribution in [0.25, 0.3) is 0 Å². The summed E-state index contributed by atoms with van der Waals surface area (Å²) in [4.78, 5) is 54.3. The third kappa shape index (κ3) is 2.77. The second-order valence-electron chi connectivity index (χ2n) is 5.98. The summed E-state index contributed by atoms with van der Waals surface area (Å²) in [6.07, 6.45) is 1.36. The van der Waals surface area contributed by atoms with E-state index in [1.165, 1.54) is 19.6 Å². The van der Waals surface area contributed by atoms with Crippen LogP contribution in [0.3, 0.4) is 0 Å². The standard InChI is InChI=1S/C15H24N4O4/c1-5-7-16-12(20)10(3)18(14(16)22)9-19-11(4)13(21)17(8-6-2)15(19)23/h10-11H,5-9H2,1-4H3. The average molecular weight is 324 g/mol. The summed E-state index contributed by atoms with van der Waals surface area (Å²) in [5, 5.41) is 0. The molecule has 0 bridgehead atoms. The highest BCUT2D eigenvalue weighted by Crippen LogP contribution is 2.23. The average Bonchev–Trinajstić information content (AvgIpc) is 2.84. The van der Waals surface area contributed by atoms with E-state index in [0.29, 0.717) is 25.9 Å². The molecule has 2 aliphatic rings. The molecular weight excluding hydrogens is 300 g/mol. The van der Waals surface area contributed by atoms with Crippen LogP contribution in [-0.2, 0) is 9.59 Å². The quantitative estimate of drug-likeness (QED) is 0.684. The Balaban J connectivity index is 2.15. The molecule has 128 valence electrons. The first-order valence-electron chi connectivity index (χ1n) is 8.09. The van der Waals surface area contributed by atoms with Gasteiger partial charge in [0.1, 0.15) is 18.8 Å². The summed E-state index contributed by atoms with van der Waals surface area (Å²) in [6, 6.07) is -2.04. The van der Waals surface area contributed by atoms with Crippen molar-refractivity contribution in [3.05, 3.63) is 0 Å². The number of nitrogens with zero attached hydrogens (tertiary/aromatic N) is 4. The van der Waals surface area contributed by atoms with E-state index in [-0.39, 0.29) is 18.5 Å². The lowest BCUT2D eigenvalue weighted by molar-refractivity contribution is -0.128. The third-order valence-corrected chi connectivity index (χ3v) is 4.33. The molecule has 6 amide bonds. The molecule has 2 saturated heterocycles. The molecule has 2 aliphatic heterocycles. The fraction of sp³-hybridized carbons (Fsp3) is 0.733. The summed E-state index contributed by atoms with van der Waals surface area (Å²) in [5.74, 6) is -0.513. The molecule has 8 nitrogen and oxygen atoms in total. The SMILES string of the molecule is CCCN1C(=O)C(C)N(CN2C(=O)N(CCC)C(=O)C2C)C1=O. The molecule has 0 N–H and O–H groups in total. The molecule has 0 aliphatic carbocycles. The van der Waals surface area contributed by atoms with E-state index in [0.717, 1.165) is 0 Å². The Bertz CT molecular complexity index is 490. The highest BCUT2D eigenvalue weighted by atomic mass is 16.2. The van der Waals surface area contributed by atoms with Crippen LogP contribution in [0.5, 0.6) is 0 Å². The summed E-state index contributed by atoms with van der Waals surface area (Å²) >= 11 is 0. The van der Waals surface area contributed by atoms with Gasteiger partial charge in [-0.3, -0.25) is 29.2 Å². The van der Waals surface area contributed by atoms with E-state index in [9.17, 15) is 19.2 Å². The Morgan fingerprint density at radius 1 is 0.739 bits per heavy atom. The summed E-state index contributed by atoms with van der Waals surface area (Å²) < 4.78 is 0.